The number of hydrogen-bond donors (Lipinski definition) is 0. The molecule has 0 amide bonds. The number of halogens is 1. The Morgan fingerprint density at radius 2 is 1.90 bits per heavy atom. The summed E-state index contributed by atoms with van der Waals surface area (Å²) < 4.78 is 12.0. The van der Waals surface area contributed by atoms with Crippen LogP contribution < -0.4 is 0 Å². The van der Waals surface area contributed by atoms with E-state index < -0.39 is 13.9 Å². The van der Waals surface area contributed by atoms with Crippen LogP contribution in [0.1, 0.15) is 35.5 Å². The van der Waals surface area contributed by atoms with E-state index in [1.807, 2.05) is 32.0 Å². The summed E-state index contributed by atoms with van der Waals surface area (Å²) in [5, 5.41) is 4.76. The van der Waals surface area contributed by atoms with Crippen LogP contribution in [0.3, 0.4) is 0 Å². The van der Waals surface area contributed by atoms with Crippen molar-refractivity contribution in [2.75, 3.05) is 0 Å². The Morgan fingerprint density at radius 3 is 2.53 bits per heavy atom. The lowest BCUT2D eigenvalue weighted by Gasteiger charge is -2.31. The largest absolute Gasteiger partial charge is 0.405 e. The van der Waals surface area contributed by atoms with Gasteiger partial charge in [0.15, 0.2) is 14.1 Å². The minimum absolute atomic E-state index is 0.343. The fourth-order valence-electron chi connectivity index (χ4n) is 3.15. The number of hydrogen-bond acceptors (Lipinski definition) is 5. The number of carbonyl (C=O) groups is 1. The number of rotatable bonds is 5. The van der Waals surface area contributed by atoms with Gasteiger partial charge in [-0.1, -0.05) is 40.9 Å². The van der Waals surface area contributed by atoms with Crippen molar-refractivity contribution in [1.29, 1.82) is 0 Å². The van der Waals surface area contributed by atoms with Gasteiger partial charge in [0.05, 0.1) is 10.6 Å². The SMILES string of the molecule is CC(C)(O[Si](C)(C)C)c1onc(-c2ccccc2Cl)c1C#CC(=O)c1cccnc1. The van der Waals surface area contributed by atoms with Gasteiger partial charge in [-0.2, -0.15) is 0 Å². The molecule has 2 heterocycles. The van der Waals surface area contributed by atoms with Crippen molar-refractivity contribution in [3.8, 4) is 23.1 Å². The topological polar surface area (TPSA) is 65.2 Å². The van der Waals surface area contributed by atoms with E-state index in [-0.39, 0.29) is 5.78 Å². The lowest BCUT2D eigenvalue weighted by Crippen LogP contribution is -2.36. The van der Waals surface area contributed by atoms with Crippen molar-refractivity contribution in [2.24, 2.45) is 0 Å². The molecular weight excluding hydrogens is 416 g/mol. The molecule has 0 fully saturated rings. The third-order valence-corrected chi connectivity index (χ3v) is 5.61. The highest BCUT2D eigenvalue weighted by atomic mass is 35.5. The zero-order valence-corrected chi connectivity index (χ0v) is 19.4. The zero-order chi connectivity index (χ0) is 21.9. The molecule has 3 rings (SSSR count). The van der Waals surface area contributed by atoms with Gasteiger partial charge in [0.1, 0.15) is 11.3 Å². The lowest BCUT2D eigenvalue weighted by molar-refractivity contribution is 0.0667. The van der Waals surface area contributed by atoms with Gasteiger partial charge in [-0.3, -0.25) is 9.78 Å². The molecule has 30 heavy (non-hydrogen) atoms. The first kappa shape index (κ1) is 22.0. The van der Waals surface area contributed by atoms with E-state index in [9.17, 15) is 4.79 Å². The number of Topliss-reactive ketones (excluding diaryl/α,β-unsaturated/α-hetero) is 1. The van der Waals surface area contributed by atoms with Gasteiger partial charge in [-0.25, -0.2) is 0 Å². The Morgan fingerprint density at radius 1 is 1.17 bits per heavy atom. The van der Waals surface area contributed by atoms with Gasteiger partial charge in [0.2, 0.25) is 5.78 Å². The van der Waals surface area contributed by atoms with E-state index >= 15 is 0 Å². The summed E-state index contributed by atoms with van der Waals surface area (Å²) in [4.78, 5) is 16.5. The third kappa shape index (κ3) is 5.06. The summed E-state index contributed by atoms with van der Waals surface area (Å²) in [6, 6.07) is 10.7. The summed E-state index contributed by atoms with van der Waals surface area (Å²) in [5.41, 5.74) is 1.28. The second-order valence-corrected chi connectivity index (χ2v) is 13.1. The number of benzene rings is 1. The van der Waals surface area contributed by atoms with E-state index in [0.29, 0.717) is 33.2 Å². The van der Waals surface area contributed by atoms with Gasteiger partial charge in [-0.05, 0) is 57.6 Å². The fourth-order valence-corrected chi connectivity index (χ4v) is 5.00. The minimum Gasteiger partial charge on any atom is -0.405 e. The average molecular weight is 439 g/mol. The highest BCUT2D eigenvalue weighted by molar-refractivity contribution is 6.69. The highest BCUT2D eigenvalue weighted by Gasteiger charge is 2.36. The number of pyridine rings is 1. The summed E-state index contributed by atoms with van der Waals surface area (Å²) >= 11 is 6.39. The van der Waals surface area contributed by atoms with Gasteiger partial charge < -0.3 is 8.95 Å². The normalized spacial score (nSPS) is 11.7. The van der Waals surface area contributed by atoms with Crippen LogP contribution in [-0.2, 0) is 10.0 Å². The predicted octanol–water partition coefficient (Wildman–Crippen LogP) is 5.71. The molecule has 1 aromatic carbocycles. The third-order valence-electron chi connectivity index (χ3n) is 4.15. The second-order valence-electron chi connectivity index (χ2n) is 8.26. The van der Waals surface area contributed by atoms with E-state index in [1.54, 1.807) is 24.4 Å². The molecular formula is C23H23ClN2O3Si. The quantitative estimate of drug-likeness (QED) is 0.290. The predicted molar refractivity (Wildman–Crippen MR) is 120 cm³/mol. The first-order valence-corrected chi connectivity index (χ1v) is 13.3. The smallest absolute Gasteiger partial charge is 0.237 e. The monoisotopic (exact) mass is 438 g/mol. The summed E-state index contributed by atoms with van der Waals surface area (Å²) in [6.07, 6.45) is 3.09. The van der Waals surface area contributed by atoms with Gasteiger partial charge in [0, 0.05) is 23.5 Å². The van der Waals surface area contributed by atoms with Crippen molar-refractivity contribution >= 4 is 25.7 Å². The lowest BCUT2D eigenvalue weighted by atomic mass is 9.98. The molecule has 154 valence electrons. The van der Waals surface area contributed by atoms with Crippen LogP contribution in [0.25, 0.3) is 11.3 Å². The molecule has 0 spiro atoms. The first-order valence-electron chi connectivity index (χ1n) is 9.50. The average Bonchev–Trinajstić information content (AvgIpc) is 3.10. The molecule has 0 saturated carbocycles. The van der Waals surface area contributed by atoms with Crippen molar-refractivity contribution in [3.63, 3.8) is 0 Å². The Balaban J connectivity index is 2.13. The van der Waals surface area contributed by atoms with Crippen LogP contribution in [0, 0.1) is 11.8 Å². The Kier molecular flexibility index (Phi) is 6.27. The molecule has 2 aromatic heterocycles. The van der Waals surface area contributed by atoms with Crippen LogP contribution >= 0.6 is 11.6 Å². The van der Waals surface area contributed by atoms with Crippen LogP contribution in [0.15, 0.2) is 53.3 Å². The van der Waals surface area contributed by atoms with Crippen molar-refractivity contribution in [3.05, 3.63) is 70.7 Å². The van der Waals surface area contributed by atoms with Crippen LogP contribution in [0.4, 0.5) is 0 Å². The fraction of sp³-hybridized carbons (Fsp3) is 0.261. The van der Waals surface area contributed by atoms with Gasteiger partial charge in [-0.15, -0.1) is 0 Å². The van der Waals surface area contributed by atoms with Crippen LogP contribution in [-0.4, -0.2) is 24.2 Å². The Bertz CT molecular complexity index is 1120. The van der Waals surface area contributed by atoms with Crippen LogP contribution in [0.5, 0.6) is 0 Å². The maximum Gasteiger partial charge on any atom is 0.237 e. The van der Waals surface area contributed by atoms with E-state index in [2.05, 4.69) is 41.6 Å². The number of ketones is 1. The zero-order valence-electron chi connectivity index (χ0n) is 17.6. The summed E-state index contributed by atoms with van der Waals surface area (Å²) in [6.45, 7) is 10.1. The second kappa shape index (κ2) is 8.56. The maximum atomic E-state index is 12.5. The molecule has 0 bridgehead atoms. The first-order chi connectivity index (χ1) is 14.1. The summed E-state index contributed by atoms with van der Waals surface area (Å²) in [5.74, 6) is 5.78. The Labute approximate surface area is 182 Å². The molecule has 0 aliphatic heterocycles. The molecule has 0 atom stereocenters. The molecule has 5 nitrogen and oxygen atoms in total. The van der Waals surface area contributed by atoms with E-state index in [4.69, 9.17) is 20.6 Å². The molecule has 0 saturated heterocycles. The van der Waals surface area contributed by atoms with E-state index in [0.717, 1.165) is 0 Å². The van der Waals surface area contributed by atoms with Gasteiger partial charge in [0.25, 0.3) is 0 Å². The number of aromatic nitrogens is 2. The van der Waals surface area contributed by atoms with Gasteiger partial charge >= 0.3 is 0 Å². The molecule has 0 N–H and O–H groups in total. The molecule has 3 aromatic rings. The molecule has 0 radical (unpaired) electrons. The maximum absolute atomic E-state index is 12.5. The molecule has 7 heteroatoms. The number of nitrogens with zero attached hydrogens (tertiary/aromatic N) is 2. The van der Waals surface area contributed by atoms with Crippen molar-refractivity contribution < 1.29 is 13.7 Å². The van der Waals surface area contributed by atoms with Crippen molar-refractivity contribution in [1.82, 2.24) is 10.1 Å². The van der Waals surface area contributed by atoms with E-state index in [1.165, 1.54) is 6.20 Å². The molecule has 0 aliphatic carbocycles. The molecule has 0 unspecified atom stereocenters. The van der Waals surface area contributed by atoms with Crippen LogP contribution in [0.2, 0.25) is 24.7 Å². The standard InChI is InChI=1S/C23H23ClN2O3Si/c1-23(2,29-30(3,4)5)22-18(12-13-20(27)16-9-8-14-25-15-16)21(26-28-22)17-10-6-7-11-19(17)24/h6-11,14-15H,1-5H3. The number of carbonyl (C=O) groups excluding carboxylic acids is 1. The minimum atomic E-state index is -1.91. The molecule has 0 aliphatic rings. The van der Waals surface area contributed by atoms with Crippen molar-refractivity contribution in [2.45, 2.75) is 39.1 Å². The summed E-state index contributed by atoms with van der Waals surface area (Å²) in [7, 11) is -1.91. The highest BCUT2D eigenvalue weighted by Crippen LogP contribution is 2.37. The Hall–Kier alpha value is -2.72.